The molecular weight excluding hydrogens is 242 g/mol. The Labute approximate surface area is 124 Å². The molecule has 1 nitrogen and oxygen atoms in total. The lowest BCUT2D eigenvalue weighted by Crippen LogP contribution is -2.29. The maximum absolute atomic E-state index is 2.43. The molecule has 0 aliphatic carbocycles. The fraction of sp³-hybridized carbons (Fsp3) is 0.474. The Morgan fingerprint density at radius 2 is 1.60 bits per heavy atom. The van der Waals surface area contributed by atoms with E-state index in [1.54, 1.807) is 0 Å². The summed E-state index contributed by atoms with van der Waals surface area (Å²) < 4.78 is 0. The Morgan fingerprint density at radius 3 is 2.15 bits per heavy atom. The molecule has 1 saturated heterocycles. The van der Waals surface area contributed by atoms with Gasteiger partial charge in [-0.15, -0.1) is 0 Å². The van der Waals surface area contributed by atoms with Crippen molar-refractivity contribution >= 4 is 5.57 Å². The number of rotatable bonds is 3. The second-order valence-corrected chi connectivity index (χ2v) is 6.29. The number of hydrogen-bond acceptors (Lipinski definition) is 1. The first-order chi connectivity index (χ1) is 9.56. The minimum atomic E-state index is 0.752. The number of likely N-dealkylation sites (tertiary alicyclic amines) is 1. The van der Waals surface area contributed by atoms with E-state index in [2.05, 4.69) is 69.1 Å². The Balaban J connectivity index is 2.06. The second-order valence-electron chi connectivity index (χ2n) is 6.29. The van der Waals surface area contributed by atoms with E-state index >= 15 is 0 Å². The van der Waals surface area contributed by atoms with E-state index in [9.17, 15) is 0 Å². The van der Waals surface area contributed by atoms with Crippen molar-refractivity contribution in [1.29, 1.82) is 0 Å². The summed E-state index contributed by atoms with van der Waals surface area (Å²) in [6.07, 6.45) is 6.98. The van der Waals surface area contributed by atoms with E-state index in [1.807, 2.05) is 0 Å². The van der Waals surface area contributed by atoms with Crippen LogP contribution in [0.1, 0.15) is 50.7 Å². The first-order valence-electron chi connectivity index (χ1n) is 7.67. The molecule has 0 N–H and O–H groups in total. The summed E-state index contributed by atoms with van der Waals surface area (Å²) in [7, 11) is 2.22. The van der Waals surface area contributed by atoms with Gasteiger partial charge in [-0.05, 0) is 76.4 Å². The fourth-order valence-corrected chi connectivity index (χ4v) is 2.75. The van der Waals surface area contributed by atoms with Crippen molar-refractivity contribution in [1.82, 2.24) is 4.90 Å². The molecule has 1 heteroatoms. The maximum Gasteiger partial charge on any atom is -0.00159 e. The van der Waals surface area contributed by atoms with Crippen LogP contribution in [0.2, 0.25) is 0 Å². The van der Waals surface area contributed by atoms with Crippen LogP contribution >= 0.6 is 0 Å². The minimum absolute atomic E-state index is 0.752. The first-order valence-corrected chi connectivity index (χ1v) is 7.67. The highest BCUT2D eigenvalue weighted by molar-refractivity contribution is 5.65. The van der Waals surface area contributed by atoms with Crippen LogP contribution in [-0.4, -0.2) is 25.0 Å². The van der Waals surface area contributed by atoms with Gasteiger partial charge in [0.1, 0.15) is 0 Å². The third-order valence-electron chi connectivity index (χ3n) is 4.22. The minimum Gasteiger partial charge on any atom is -0.306 e. The second kappa shape index (κ2) is 6.90. The zero-order valence-corrected chi connectivity index (χ0v) is 13.3. The van der Waals surface area contributed by atoms with Gasteiger partial charge in [-0.25, -0.2) is 0 Å². The van der Waals surface area contributed by atoms with Crippen molar-refractivity contribution in [2.45, 2.75) is 39.5 Å². The zero-order chi connectivity index (χ0) is 14.5. The predicted octanol–water partition coefficient (Wildman–Crippen LogP) is 4.87. The average molecular weight is 269 g/mol. The van der Waals surface area contributed by atoms with Crippen LogP contribution in [0.25, 0.3) is 5.57 Å². The molecule has 0 unspecified atom stereocenters. The summed E-state index contributed by atoms with van der Waals surface area (Å²) in [6, 6.07) is 9.20. The lowest BCUT2D eigenvalue weighted by Gasteiger charge is -2.29. The molecule has 0 radical (unpaired) electrons. The molecule has 1 heterocycles. The van der Waals surface area contributed by atoms with E-state index in [0.29, 0.717) is 0 Å². The normalized spacial score (nSPS) is 18.1. The molecule has 20 heavy (non-hydrogen) atoms. The van der Waals surface area contributed by atoms with Gasteiger partial charge in [0.05, 0.1) is 0 Å². The van der Waals surface area contributed by atoms with Crippen LogP contribution in [0.15, 0.2) is 42.0 Å². The highest BCUT2D eigenvalue weighted by Gasteiger charge is 2.17. The van der Waals surface area contributed by atoms with Crippen LogP contribution in [0.5, 0.6) is 0 Å². The highest BCUT2D eigenvalue weighted by atomic mass is 15.1. The molecule has 1 aromatic carbocycles. The number of allylic oxidation sites excluding steroid dienone is 4. The SMILES string of the molecule is CC(C)=C/C=C(\C)c1ccc(C2CCN(C)CC2)cc1. The van der Waals surface area contributed by atoms with Crippen LogP contribution in [0.3, 0.4) is 0 Å². The molecule has 1 aromatic rings. The number of benzene rings is 1. The lowest BCUT2D eigenvalue weighted by atomic mass is 9.89. The lowest BCUT2D eigenvalue weighted by molar-refractivity contribution is 0.255. The van der Waals surface area contributed by atoms with Gasteiger partial charge < -0.3 is 4.90 Å². The molecule has 0 bridgehead atoms. The molecule has 0 aromatic heterocycles. The Morgan fingerprint density at radius 1 is 1.00 bits per heavy atom. The number of nitrogens with zero attached hydrogens (tertiary/aromatic N) is 1. The van der Waals surface area contributed by atoms with E-state index in [-0.39, 0.29) is 0 Å². The molecule has 0 spiro atoms. The third kappa shape index (κ3) is 4.08. The molecule has 0 amide bonds. The topological polar surface area (TPSA) is 3.24 Å². The van der Waals surface area contributed by atoms with E-state index in [4.69, 9.17) is 0 Å². The van der Waals surface area contributed by atoms with Crippen LogP contribution < -0.4 is 0 Å². The van der Waals surface area contributed by atoms with E-state index < -0.39 is 0 Å². The standard InChI is InChI=1S/C19H27N/c1-15(2)5-6-16(3)17-7-9-18(10-8-17)19-11-13-20(4)14-12-19/h5-10,19H,11-14H2,1-4H3/b16-6+. The number of hydrogen-bond donors (Lipinski definition) is 0. The molecule has 2 rings (SSSR count). The fourth-order valence-electron chi connectivity index (χ4n) is 2.75. The summed E-state index contributed by atoms with van der Waals surface area (Å²) in [5.41, 5.74) is 5.52. The quantitative estimate of drug-likeness (QED) is 0.708. The van der Waals surface area contributed by atoms with Crippen molar-refractivity contribution in [3.05, 3.63) is 53.1 Å². The summed E-state index contributed by atoms with van der Waals surface area (Å²) in [5, 5.41) is 0. The molecule has 0 saturated carbocycles. The first kappa shape index (κ1) is 15.1. The molecule has 1 aliphatic rings. The van der Waals surface area contributed by atoms with Gasteiger partial charge in [0.25, 0.3) is 0 Å². The smallest absolute Gasteiger partial charge is 0.00159 e. The van der Waals surface area contributed by atoms with Gasteiger partial charge in [-0.2, -0.15) is 0 Å². The van der Waals surface area contributed by atoms with Gasteiger partial charge in [0, 0.05) is 0 Å². The monoisotopic (exact) mass is 269 g/mol. The van der Waals surface area contributed by atoms with E-state index in [1.165, 1.54) is 48.2 Å². The Hall–Kier alpha value is -1.34. The van der Waals surface area contributed by atoms with Crippen molar-refractivity contribution in [3.8, 4) is 0 Å². The van der Waals surface area contributed by atoms with Crippen LogP contribution in [-0.2, 0) is 0 Å². The van der Waals surface area contributed by atoms with Gasteiger partial charge >= 0.3 is 0 Å². The summed E-state index contributed by atoms with van der Waals surface area (Å²) >= 11 is 0. The average Bonchev–Trinajstić information content (AvgIpc) is 2.46. The van der Waals surface area contributed by atoms with Crippen molar-refractivity contribution in [3.63, 3.8) is 0 Å². The van der Waals surface area contributed by atoms with Crippen molar-refractivity contribution in [2.24, 2.45) is 0 Å². The summed E-state index contributed by atoms with van der Waals surface area (Å²) in [6.45, 7) is 8.90. The Kier molecular flexibility index (Phi) is 5.19. The predicted molar refractivity (Wildman–Crippen MR) is 89.0 cm³/mol. The third-order valence-corrected chi connectivity index (χ3v) is 4.22. The van der Waals surface area contributed by atoms with Gasteiger partial charge in [-0.3, -0.25) is 0 Å². The maximum atomic E-state index is 2.43. The molecule has 108 valence electrons. The Bertz CT molecular complexity index is 481. The molecule has 1 fully saturated rings. The van der Waals surface area contributed by atoms with Gasteiger partial charge in [0.2, 0.25) is 0 Å². The zero-order valence-electron chi connectivity index (χ0n) is 13.3. The summed E-state index contributed by atoms with van der Waals surface area (Å²) in [4.78, 5) is 2.43. The number of piperidine rings is 1. The summed E-state index contributed by atoms with van der Waals surface area (Å²) in [5.74, 6) is 0.752. The molecule has 0 atom stereocenters. The highest BCUT2D eigenvalue weighted by Crippen LogP contribution is 2.28. The van der Waals surface area contributed by atoms with Crippen LogP contribution in [0.4, 0.5) is 0 Å². The largest absolute Gasteiger partial charge is 0.306 e. The van der Waals surface area contributed by atoms with Gasteiger partial charge in [-0.1, -0.05) is 42.0 Å². The molecular formula is C19H27N. The van der Waals surface area contributed by atoms with Crippen molar-refractivity contribution in [2.75, 3.05) is 20.1 Å². The van der Waals surface area contributed by atoms with Gasteiger partial charge in [0.15, 0.2) is 0 Å². The van der Waals surface area contributed by atoms with Crippen molar-refractivity contribution < 1.29 is 0 Å². The van der Waals surface area contributed by atoms with Crippen LogP contribution in [0, 0.1) is 0 Å². The van der Waals surface area contributed by atoms with E-state index in [0.717, 1.165) is 5.92 Å². The molecule has 1 aliphatic heterocycles.